The van der Waals surface area contributed by atoms with E-state index in [1.807, 2.05) is 0 Å². The Labute approximate surface area is 209 Å². The predicted octanol–water partition coefficient (Wildman–Crippen LogP) is 4.80. The van der Waals surface area contributed by atoms with Gasteiger partial charge in [0.1, 0.15) is 11.6 Å². The summed E-state index contributed by atoms with van der Waals surface area (Å²) >= 11 is 0. The Kier molecular flexibility index (Phi) is 7.00. The number of alkyl halides is 3. The van der Waals surface area contributed by atoms with E-state index in [1.165, 1.54) is 24.3 Å². The molecule has 2 aromatic carbocycles. The first-order valence-electron chi connectivity index (χ1n) is 11.8. The van der Waals surface area contributed by atoms with E-state index in [4.69, 9.17) is 9.26 Å². The Balaban J connectivity index is 1.39. The minimum atomic E-state index is -4.78. The molecule has 12 heteroatoms. The van der Waals surface area contributed by atoms with Gasteiger partial charge in [-0.1, -0.05) is 17.3 Å². The molecule has 3 aromatic rings. The van der Waals surface area contributed by atoms with Gasteiger partial charge in [0.25, 0.3) is 0 Å². The summed E-state index contributed by atoms with van der Waals surface area (Å²) in [5, 5.41) is 4.03. The number of hydrogen-bond donors (Lipinski definition) is 0. The van der Waals surface area contributed by atoms with E-state index >= 15 is 0 Å². The lowest BCUT2D eigenvalue weighted by molar-refractivity contribution is -0.274. The fraction of sp³-hybridized carbons (Fsp3) is 0.400. The van der Waals surface area contributed by atoms with Gasteiger partial charge in [0.2, 0.25) is 11.7 Å². The van der Waals surface area contributed by atoms with Crippen LogP contribution in [-0.2, 0) is 4.74 Å². The van der Waals surface area contributed by atoms with E-state index in [9.17, 15) is 22.4 Å². The standard InChI is InChI=1S/C25H24F4N4O4/c26-20-5-1-17(2-6-20)22-30-23(37-31-22)19-13-18(16-3-7-21(8-4-16)36-25(27,28)29)14-33(15-19)24(34)32-9-11-35-12-10-32/h1-8,18-19H,9-15H2. The highest BCUT2D eigenvalue weighted by atomic mass is 19.4. The summed E-state index contributed by atoms with van der Waals surface area (Å²) in [5.74, 6) is -0.559. The van der Waals surface area contributed by atoms with Crippen molar-refractivity contribution in [2.75, 3.05) is 39.4 Å². The van der Waals surface area contributed by atoms with Crippen LogP contribution in [0.5, 0.6) is 5.75 Å². The van der Waals surface area contributed by atoms with Gasteiger partial charge in [0, 0.05) is 37.7 Å². The number of morpholine rings is 1. The highest BCUT2D eigenvalue weighted by Crippen LogP contribution is 2.37. The molecule has 2 aliphatic rings. The molecule has 3 heterocycles. The smallest absolute Gasteiger partial charge is 0.406 e. The first-order chi connectivity index (χ1) is 17.7. The number of benzene rings is 2. The fourth-order valence-corrected chi connectivity index (χ4v) is 4.69. The van der Waals surface area contributed by atoms with Crippen LogP contribution in [0.4, 0.5) is 22.4 Å². The van der Waals surface area contributed by atoms with Gasteiger partial charge in [-0.15, -0.1) is 13.2 Å². The molecule has 1 aromatic heterocycles. The van der Waals surface area contributed by atoms with Crippen LogP contribution in [0.1, 0.15) is 29.7 Å². The SMILES string of the molecule is O=C(N1CCOCC1)N1CC(c2ccc(OC(F)(F)F)cc2)CC(c2nc(-c3ccc(F)cc3)no2)C1. The third kappa shape index (κ3) is 6.01. The number of ether oxygens (including phenoxy) is 2. The Morgan fingerprint density at radius 2 is 1.62 bits per heavy atom. The van der Waals surface area contributed by atoms with Gasteiger partial charge < -0.3 is 23.8 Å². The molecule has 0 N–H and O–H groups in total. The molecule has 2 saturated heterocycles. The lowest BCUT2D eigenvalue weighted by atomic mass is 9.84. The molecule has 2 amide bonds. The number of carbonyl (C=O) groups is 1. The Morgan fingerprint density at radius 1 is 0.946 bits per heavy atom. The van der Waals surface area contributed by atoms with Crippen LogP contribution in [0, 0.1) is 5.82 Å². The second-order valence-corrected chi connectivity index (χ2v) is 9.00. The van der Waals surface area contributed by atoms with E-state index in [2.05, 4.69) is 14.9 Å². The zero-order valence-corrected chi connectivity index (χ0v) is 19.7. The summed E-state index contributed by atoms with van der Waals surface area (Å²) in [7, 11) is 0. The Morgan fingerprint density at radius 3 is 2.30 bits per heavy atom. The molecule has 196 valence electrons. The maximum absolute atomic E-state index is 13.3. The van der Waals surface area contributed by atoms with Crippen LogP contribution in [0.2, 0.25) is 0 Å². The Bertz CT molecular complexity index is 1210. The van der Waals surface area contributed by atoms with Gasteiger partial charge in [-0.05, 0) is 48.4 Å². The number of carbonyl (C=O) groups excluding carboxylic acids is 1. The van der Waals surface area contributed by atoms with Crippen LogP contribution in [-0.4, -0.2) is 71.7 Å². The van der Waals surface area contributed by atoms with Crippen LogP contribution < -0.4 is 4.74 Å². The lowest BCUT2D eigenvalue weighted by Crippen LogP contribution is -2.52. The monoisotopic (exact) mass is 520 g/mol. The number of amides is 2. The number of hydrogen-bond acceptors (Lipinski definition) is 6. The topological polar surface area (TPSA) is 80.9 Å². The van der Waals surface area contributed by atoms with Crippen molar-refractivity contribution < 1.29 is 36.4 Å². The molecule has 8 nitrogen and oxygen atoms in total. The molecule has 0 aliphatic carbocycles. The van der Waals surface area contributed by atoms with Crippen molar-refractivity contribution in [3.8, 4) is 17.1 Å². The van der Waals surface area contributed by atoms with Crippen molar-refractivity contribution in [2.24, 2.45) is 0 Å². The quantitative estimate of drug-likeness (QED) is 0.460. The zero-order valence-electron chi connectivity index (χ0n) is 19.7. The summed E-state index contributed by atoms with van der Waals surface area (Å²) in [6.07, 6.45) is -4.24. The Hall–Kier alpha value is -3.67. The number of piperidine rings is 1. The maximum Gasteiger partial charge on any atom is 0.573 e. The molecular formula is C25H24F4N4O4. The molecule has 0 radical (unpaired) electrons. The van der Waals surface area contributed by atoms with Crippen molar-refractivity contribution in [1.29, 1.82) is 0 Å². The van der Waals surface area contributed by atoms with Crippen molar-refractivity contribution in [3.63, 3.8) is 0 Å². The first kappa shape index (κ1) is 25.0. The summed E-state index contributed by atoms with van der Waals surface area (Å²) in [5.41, 5.74) is 1.35. The third-order valence-electron chi connectivity index (χ3n) is 6.48. The zero-order chi connectivity index (χ0) is 26.0. The lowest BCUT2D eigenvalue weighted by Gasteiger charge is -2.40. The minimum Gasteiger partial charge on any atom is -0.406 e. The second-order valence-electron chi connectivity index (χ2n) is 9.00. The van der Waals surface area contributed by atoms with Crippen LogP contribution in [0.15, 0.2) is 53.1 Å². The van der Waals surface area contributed by atoms with Gasteiger partial charge in [-0.2, -0.15) is 4.98 Å². The number of halogens is 4. The molecule has 0 spiro atoms. The van der Waals surface area contributed by atoms with Crippen LogP contribution >= 0.6 is 0 Å². The number of nitrogens with zero attached hydrogens (tertiary/aromatic N) is 4. The number of urea groups is 1. The van der Waals surface area contributed by atoms with Crippen molar-refractivity contribution >= 4 is 6.03 Å². The summed E-state index contributed by atoms with van der Waals surface area (Å²) in [4.78, 5) is 21.3. The largest absolute Gasteiger partial charge is 0.573 e. The van der Waals surface area contributed by atoms with E-state index in [-0.39, 0.29) is 29.4 Å². The molecule has 2 unspecified atom stereocenters. The van der Waals surface area contributed by atoms with E-state index in [0.717, 1.165) is 5.56 Å². The summed E-state index contributed by atoms with van der Waals surface area (Å²) in [6, 6.07) is 11.2. The van der Waals surface area contributed by atoms with Crippen LogP contribution in [0.3, 0.4) is 0 Å². The minimum absolute atomic E-state index is 0.145. The van der Waals surface area contributed by atoms with Crippen molar-refractivity contribution in [2.45, 2.75) is 24.6 Å². The van der Waals surface area contributed by atoms with Gasteiger partial charge >= 0.3 is 12.4 Å². The molecule has 37 heavy (non-hydrogen) atoms. The molecule has 2 fully saturated rings. The van der Waals surface area contributed by atoms with E-state index < -0.39 is 6.36 Å². The molecule has 2 atom stereocenters. The number of rotatable bonds is 4. The molecule has 0 saturated carbocycles. The summed E-state index contributed by atoms with van der Waals surface area (Å²) < 4.78 is 65.9. The van der Waals surface area contributed by atoms with Crippen molar-refractivity contribution in [1.82, 2.24) is 19.9 Å². The summed E-state index contributed by atoms with van der Waals surface area (Å²) in [6.45, 7) is 2.58. The average Bonchev–Trinajstić information content (AvgIpc) is 3.39. The normalized spacial score (nSPS) is 20.6. The second kappa shape index (κ2) is 10.4. The molecule has 2 aliphatic heterocycles. The van der Waals surface area contributed by atoms with Crippen LogP contribution in [0.25, 0.3) is 11.4 Å². The van der Waals surface area contributed by atoms with Gasteiger partial charge in [-0.3, -0.25) is 0 Å². The number of aromatic nitrogens is 2. The number of likely N-dealkylation sites (tertiary alicyclic amines) is 1. The van der Waals surface area contributed by atoms with Gasteiger partial charge in [0.05, 0.1) is 19.1 Å². The van der Waals surface area contributed by atoms with Gasteiger partial charge in [0.15, 0.2) is 0 Å². The predicted molar refractivity (Wildman–Crippen MR) is 122 cm³/mol. The molecule has 0 bridgehead atoms. The molecule has 5 rings (SSSR count). The third-order valence-corrected chi connectivity index (χ3v) is 6.48. The molecular weight excluding hydrogens is 496 g/mol. The fourth-order valence-electron chi connectivity index (χ4n) is 4.69. The highest BCUT2D eigenvalue weighted by molar-refractivity contribution is 5.75. The van der Waals surface area contributed by atoms with Gasteiger partial charge in [-0.25, -0.2) is 9.18 Å². The highest BCUT2D eigenvalue weighted by Gasteiger charge is 2.37. The van der Waals surface area contributed by atoms with E-state index in [0.29, 0.717) is 63.1 Å². The average molecular weight is 520 g/mol. The van der Waals surface area contributed by atoms with E-state index in [1.54, 1.807) is 34.1 Å². The maximum atomic E-state index is 13.3. The van der Waals surface area contributed by atoms with Crippen molar-refractivity contribution in [3.05, 3.63) is 65.8 Å². The first-order valence-corrected chi connectivity index (χ1v) is 11.8.